The molecule has 3 aromatic rings. The molecule has 3 rings (SSSR count). The van der Waals surface area contributed by atoms with Crippen molar-refractivity contribution in [3.63, 3.8) is 0 Å². The Balaban J connectivity index is 1.54. The van der Waals surface area contributed by atoms with Crippen LogP contribution in [0.15, 0.2) is 47.0 Å². The van der Waals surface area contributed by atoms with Crippen molar-refractivity contribution < 1.29 is 23.5 Å². The largest absolute Gasteiger partial charge is 0.496 e. The first-order valence-electron chi connectivity index (χ1n) is 7.76. The van der Waals surface area contributed by atoms with Crippen LogP contribution in [0, 0.1) is 0 Å². The quantitative estimate of drug-likeness (QED) is 0.542. The summed E-state index contributed by atoms with van der Waals surface area (Å²) in [7, 11) is 1.55. The molecule has 0 amide bonds. The highest BCUT2D eigenvalue weighted by molar-refractivity contribution is 6.35. The van der Waals surface area contributed by atoms with E-state index in [0.29, 0.717) is 32.9 Å². The molecule has 1 heterocycles. The number of benzene rings is 2. The number of hydrogen-bond acceptors (Lipinski definition) is 7. The van der Waals surface area contributed by atoms with Crippen LogP contribution in [0.25, 0.3) is 11.4 Å². The Morgan fingerprint density at radius 3 is 2.74 bits per heavy atom. The number of aromatic nitrogens is 2. The third kappa shape index (κ3) is 4.90. The van der Waals surface area contributed by atoms with Crippen LogP contribution in [0.3, 0.4) is 0 Å². The Morgan fingerprint density at radius 1 is 1.15 bits per heavy atom. The Morgan fingerprint density at radius 2 is 1.96 bits per heavy atom. The van der Waals surface area contributed by atoms with Crippen LogP contribution in [0.1, 0.15) is 5.89 Å². The van der Waals surface area contributed by atoms with E-state index in [2.05, 4.69) is 10.1 Å². The lowest BCUT2D eigenvalue weighted by molar-refractivity contribution is -0.148. The first-order chi connectivity index (χ1) is 13.1. The first kappa shape index (κ1) is 19.0. The fourth-order valence-corrected chi connectivity index (χ4v) is 2.63. The normalized spacial score (nSPS) is 10.5. The zero-order valence-electron chi connectivity index (χ0n) is 14.1. The summed E-state index contributed by atoms with van der Waals surface area (Å²) in [6.45, 7) is -0.506. The maximum Gasteiger partial charge on any atom is 0.344 e. The van der Waals surface area contributed by atoms with Gasteiger partial charge in [0.25, 0.3) is 5.89 Å². The summed E-state index contributed by atoms with van der Waals surface area (Å²) in [4.78, 5) is 16.0. The van der Waals surface area contributed by atoms with Crippen LogP contribution >= 0.6 is 23.2 Å². The van der Waals surface area contributed by atoms with Gasteiger partial charge in [0.1, 0.15) is 11.5 Å². The summed E-state index contributed by atoms with van der Waals surface area (Å²) in [5.41, 5.74) is 0.669. The molecular formula is C18H14Cl2N2O5. The second-order valence-corrected chi connectivity index (χ2v) is 6.08. The number of esters is 1. The molecule has 0 saturated heterocycles. The van der Waals surface area contributed by atoms with Gasteiger partial charge in [0.15, 0.2) is 13.2 Å². The fourth-order valence-electron chi connectivity index (χ4n) is 2.17. The predicted molar refractivity (Wildman–Crippen MR) is 98.0 cm³/mol. The van der Waals surface area contributed by atoms with Crippen molar-refractivity contribution in [3.8, 4) is 22.9 Å². The number of carbonyl (C=O) groups is 1. The van der Waals surface area contributed by atoms with Gasteiger partial charge in [-0.2, -0.15) is 4.98 Å². The Labute approximate surface area is 164 Å². The number of methoxy groups -OCH3 is 1. The van der Waals surface area contributed by atoms with Crippen LogP contribution in [-0.4, -0.2) is 29.8 Å². The second-order valence-electron chi connectivity index (χ2n) is 5.24. The van der Waals surface area contributed by atoms with Crippen molar-refractivity contribution >= 4 is 29.2 Å². The fraction of sp³-hybridized carbons (Fsp3) is 0.167. The molecule has 0 aliphatic carbocycles. The third-order valence-electron chi connectivity index (χ3n) is 3.41. The minimum Gasteiger partial charge on any atom is -0.496 e. The van der Waals surface area contributed by atoms with Gasteiger partial charge in [-0.3, -0.25) is 0 Å². The summed E-state index contributed by atoms with van der Waals surface area (Å²) >= 11 is 11.8. The molecule has 7 nitrogen and oxygen atoms in total. The molecule has 140 valence electrons. The number of rotatable bonds is 7. The molecule has 9 heteroatoms. The van der Waals surface area contributed by atoms with E-state index in [9.17, 15) is 4.79 Å². The molecule has 2 aromatic carbocycles. The van der Waals surface area contributed by atoms with Crippen LogP contribution in [0.2, 0.25) is 10.0 Å². The monoisotopic (exact) mass is 408 g/mol. The van der Waals surface area contributed by atoms with Crippen LogP contribution in [0.5, 0.6) is 11.5 Å². The third-order valence-corrected chi connectivity index (χ3v) is 3.94. The van der Waals surface area contributed by atoms with Gasteiger partial charge in [-0.15, -0.1) is 0 Å². The van der Waals surface area contributed by atoms with Gasteiger partial charge in [0, 0.05) is 5.02 Å². The molecule has 0 saturated carbocycles. The van der Waals surface area contributed by atoms with Crippen LogP contribution in [0.4, 0.5) is 0 Å². The van der Waals surface area contributed by atoms with Crippen molar-refractivity contribution in [2.24, 2.45) is 0 Å². The van der Waals surface area contributed by atoms with Crippen molar-refractivity contribution in [1.82, 2.24) is 10.1 Å². The lowest BCUT2D eigenvalue weighted by atomic mass is 10.2. The standard InChI is InChI=1S/C18H14Cl2N2O5/c1-24-14-5-3-2-4-12(14)18-21-16(27-22-18)9-26-17(23)10-25-15-7-6-11(19)8-13(15)20/h2-8H,9-10H2,1H3. The molecule has 0 unspecified atom stereocenters. The molecule has 0 fully saturated rings. The molecule has 0 N–H and O–H groups in total. The van der Waals surface area contributed by atoms with Gasteiger partial charge in [0.2, 0.25) is 5.82 Å². The number of halogens is 2. The van der Waals surface area contributed by atoms with Gasteiger partial charge in [-0.1, -0.05) is 40.5 Å². The molecule has 0 aliphatic heterocycles. The number of ether oxygens (including phenoxy) is 3. The van der Waals surface area contributed by atoms with Gasteiger partial charge < -0.3 is 18.7 Å². The molecule has 27 heavy (non-hydrogen) atoms. The highest BCUT2D eigenvalue weighted by Gasteiger charge is 2.15. The maximum atomic E-state index is 11.8. The highest BCUT2D eigenvalue weighted by atomic mass is 35.5. The molecule has 0 bridgehead atoms. The second kappa shape index (κ2) is 8.75. The Kier molecular flexibility index (Phi) is 6.16. The van der Waals surface area contributed by atoms with E-state index in [1.165, 1.54) is 6.07 Å². The van der Waals surface area contributed by atoms with Crippen molar-refractivity contribution in [3.05, 3.63) is 58.4 Å². The lowest BCUT2D eigenvalue weighted by Gasteiger charge is -2.07. The van der Waals surface area contributed by atoms with E-state index < -0.39 is 5.97 Å². The van der Waals surface area contributed by atoms with Crippen molar-refractivity contribution in [2.75, 3.05) is 13.7 Å². The smallest absolute Gasteiger partial charge is 0.344 e. The number of carbonyl (C=O) groups excluding carboxylic acids is 1. The molecule has 1 aromatic heterocycles. The molecule has 0 atom stereocenters. The summed E-state index contributed by atoms with van der Waals surface area (Å²) in [6.07, 6.45) is 0. The lowest BCUT2D eigenvalue weighted by Crippen LogP contribution is -2.15. The van der Waals surface area contributed by atoms with Gasteiger partial charge >= 0.3 is 5.97 Å². The summed E-state index contributed by atoms with van der Waals surface area (Å²) < 4.78 is 20.7. The van der Waals surface area contributed by atoms with E-state index in [1.807, 2.05) is 12.1 Å². The van der Waals surface area contributed by atoms with E-state index in [4.69, 9.17) is 41.9 Å². The predicted octanol–water partition coefficient (Wildman–Crippen LogP) is 4.17. The van der Waals surface area contributed by atoms with E-state index >= 15 is 0 Å². The minimum atomic E-state index is -0.613. The maximum absolute atomic E-state index is 11.8. The van der Waals surface area contributed by atoms with E-state index in [0.717, 1.165) is 0 Å². The first-order valence-corrected chi connectivity index (χ1v) is 8.52. The van der Waals surface area contributed by atoms with Crippen molar-refractivity contribution in [1.29, 1.82) is 0 Å². The topological polar surface area (TPSA) is 83.7 Å². The van der Waals surface area contributed by atoms with Crippen molar-refractivity contribution in [2.45, 2.75) is 6.61 Å². The Bertz CT molecular complexity index is 945. The zero-order valence-corrected chi connectivity index (χ0v) is 15.7. The molecule has 0 aliphatic rings. The summed E-state index contributed by atoms with van der Waals surface area (Å²) in [6, 6.07) is 11.9. The molecule has 0 spiro atoms. The zero-order chi connectivity index (χ0) is 19.2. The number of para-hydroxylation sites is 1. The number of nitrogens with zero attached hydrogens (tertiary/aromatic N) is 2. The Hall–Kier alpha value is -2.77. The van der Waals surface area contributed by atoms with Gasteiger partial charge in [-0.25, -0.2) is 4.79 Å². The van der Waals surface area contributed by atoms with Crippen LogP contribution < -0.4 is 9.47 Å². The number of hydrogen-bond donors (Lipinski definition) is 0. The highest BCUT2D eigenvalue weighted by Crippen LogP contribution is 2.28. The molecule has 0 radical (unpaired) electrons. The van der Waals surface area contributed by atoms with Gasteiger partial charge in [-0.05, 0) is 30.3 Å². The summed E-state index contributed by atoms with van der Waals surface area (Å²) in [5, 5.41) is 4.64. The van der Waals surface area contributed by atoms with E-state index in [1.54, 1.807) is 31.4 Å². The average molecular weight is 409 g/mol. The average Bonchev–Trinajstić information content (AvgIpc) is 3.14. The summed E-state index contributed by atoms with van der Waals surface area (Å²) in [5.74, 6) is 0.805. The minimum absolute atomic E-state index is 0.147. The SMILES string of the molecule is COc1ccccc1-c1noc(COC(=O)COc2ccc(Cl)cc2Cl)n1. The van der Waals surface area contributed by atoms with Crippen LogP contribution in [-0.2, 0) is 16.1 Å². The molecular weight excluding hydrogens is 395 g/mol. The van der Waals surface area contributed by atoms with E-state index in [-0.39, 0.29) is 19.1 Å². The van der Waals surface area contributed by atoms with Gasteiger partial charge in [0.05, 0.1) is 17.7 Å².